The Morgan fingerprint density at radius 3 is 2.60 bits per heavy atom. The average Bonchev–Trinajstić information content (AvgIpc) is 2.46. The monoisotopic (exact) mass is 293 g/mol. The maximum atomic E-state index is 11.2. The number of aromatic carboxylic acids is 1. The van der Waals surface area contributed by atoms with E-state index >= 15 is 0 Å². The van der Waals surface area contributed by atoms with E-state index in [2.05, 4.69) is 4.98 Å². The molecule has 2 rings (SSSR count). The molecule has 2 aromatic rings. The van der Waals surface area contributed by atoms with Crippen LogP contribution in [0.3, 0.4) is 0 Å². The van der Waals surface area contributed by atoms with Gasteiger partial charge < -0.3 is 14.6 Å². The zero-order valence-corrected chi connectivity index (χ0v) is 11.6. The van der Waals surface area contributed by atoms with Crippen LogP contribution in [0.15, 0.2) is 30.5 Å². The molecular weight excluding hydrogens is 282 g/mol. The second-order valence-electron chi connectivity index (χ2n) is 3.93. The molecule has 0 aliphatic carbocycles. The summed E-state index contributed by atoms with van der Waals surface area (Å²) in [6.07, 6.45) is 1.51. The number of hydrogen-bond acceptors (Lipinski definition) is 4. The average molecular weight is 294 g/mol. The van der Waals surface area contributed by atoms with Crippen LogP contribution in [0.4, 0.5) is 0 Å². The Hall–Kier alpha value is -2.27. The highest BCUT2D eigenvalue weighted by Crippen LogP contribution is 2.33. The van der Waals surface area contributed by atoms with E-state index in [4.69, 9.17) is 21.1 Å². The molecule has 0 fully saturated rings. The summed E-state index contributed by atoms with van der Waals surface area (Å²) >= 11 is 5.97. The normalized spacial score (nSPS) is 10.2. The Morgan fingerprint density at radius 1 is 1.25 bits per heavy atom. The Kier molecular flexibility index (Phi) is 4.10. The SMILES string of the molecule is COc1ccc(Cl)cc1-c1cnc(OC)c(C(=O)O)c1. The lowest BCUT2D eigenvalue weighted by molar-refractivity contribution is 0.0692. The number of rotatable bonds is 4. The molecule has 1 N–H and O–H groups in total. The van der Waals surface area contributed by atoms with Gasteiger partial charge in [0.15, 0.2) is 0 Å². The molecule has 0 radical (unpaired) electrons. The number of carbonyl (C=O) groups is 1. The van der Waals surface area contributed by atoms with E-state index in [1.165, 1.54) is 26.5 Å². The molecule has 20 heavy (non-hydrogen) atoms. The first-order chi connectivity index (χ1) is 9.56. The molecule has 0 aliphatic heterocycles. The van der Waals surface area contributed by atoms with E-state index in [1.54, 1.807) is 18.2 Å². The molecule has 0 aliphatic rings. The van der Waals surface area contributed by atoms with Gasteiger partial charge in [0.25, 0.3) is 0 Å². The van der Waals surface area contributed by atoms with Crippen molar-refractivity contribution in [1.29, 1.82) is 0 Å². The van der Waals surface area contributed by atoms with E-state index in [9.17, 15) is 9.90 Å². The molecule has 0 atom stereocenters. The summed E-state index contributed by atoms with van der Waals surface area (Å²) in [6.45, 7) is 0. The number of methoxy groups -OCH3 is 2. The second-order valence-corrected chi connectivity index (χ2v) is 4.37. The minimum Gasteiger partial charge on any atom is -0.496 e. The fourth-order valence-corrected chi connectivity index (χ4v) is 1.99. The Labute approximate surface area is 120 Å². The van der Waals surface area contributed by atoms with Crippen LogP contribution < -0.4 is 9.47 Å². The van der Waals surface area contributed by atoms with Crippen LogP contribution in [0.5, 0.6) is 11.6 Å². The fraction of sp³-hybridized carbons (Fsp3) is 0.143. The third-order valence-corrected chi connectivity index (χ3v) is 2.98. The first-order valence-corrected chi connectivity index (χ1v) is 6.06. The largest absolute Gasteiger partial charge is 0.496 e. The van der Waals surface area contributed by atoms with Gasteiger partial charge in [0, 0.05) is 22.3 Å². The molecule has 5 nitrogen and oxygen atoms in total. The second kappa shape index (κ2) is 5.79. The summed E-state index contributed by atoms with van der Waals surface area (Å²) in [7, 11) is 2.90. The molecule has 0 saturated heterocycles. The molecule has 0 unspecified atom stereocenters. The van der Waals surface area contributed by atoms with Crippen LogP contribution in [-0.2, 0) is 0 Å². The lowest BCUT2D eigenvalue weighted by Gasteiger charge is -2.11. The summed E-state index contributed by atoms with van der Waals surface area (Å²) in [4.78, 5) is 15.2. The summed E-state index contributed by atoms with van der Waals surface area (Å²) < 4.78 is 10.2. The number of carboxylic acid groups (broad SMARTS) is 1. The van der Waals surface area contributed by atoms with E-state index in [0.29, 0.717) is 21.9 Å². The topological polar surface area (TPSA) is 68.7 Å². The van der Waals surface area contributed by atoms with E-state index < -0.39 is 5.97 Å². The van der Waals surface area contributed by atoms with Crippen LogP contribution in [0.25, 0.3) is 11.1 Å². The maximum Gasteiger partial charge on any atom is 0.341 e. The quantitative estimate of drug-likeness (QED) is 0.938. The van der Waals surface area contributed by atoms with Crippen LogP contribution >= 0.6 is 11.6 Å². The predicted molar refractivity (Wildman–Crippen MR) is 74.7 cm³/mol. The Morgan fingerprint density at radius 2 is 2.00 bits per heavy atom. The van der Waals surface area contributed by atoms with Gasteiger partial charge in [-0.05, 0) is 24.3 Å². The summed E-state index contributed by atoms with van der Waals surface area (Å²) in [5.41, 5.74) is 1.23. The lowest BCUT2D eigenvalue weighted by Crippen LogP contribution is -2.03. The number of aromatic nitrogens is 1. The fourth-order valence-electron chi connectivity index (χ4n) is 1.82. The van der Waals surface area contributed by atoms with Gasteiger partial charge in [-0.2, -0.15) is 0 Å². The molecular formula is C14H12ClNO4. The van der Waals surface area contributed by atoms with Gasteiger partial charge in [-0.1, -0.05) is 11.6 Å². The molecule has 0 bridgehead atoms. The molecule has 0 saturated carbocycles. The van der Waals surface area contributed by atoms with Crippen molar-refractivity contribution in [3.8, 4) is 22.8 Å². The summed E-state index contributed by atoms with van der Waals surface area (Å²) in [5.74, 6) is -0.475. The third kappa shape index (κ3) is 2.67. The molecule has 1 aromatic heterocycles. The van der Waals surface area contributed by atoms with E-state index in [0.717, 1.165) is 0 Å². The molecule has 0 amide bonds. The van der Waals surface area contributed by atoms with Crippen LogP contribution in [0.2, 0.25) is 5.02 Å². The zero-order valence-electron chi connectivity index (χ0n) is 10.9. The first-order valence-electron chi connectivity index (χ1n) is 5.68. The zero-order chi connectivity index (χ0) is 14.7. The minimum atomic E-state index is -1.11. The molecule has 6 heteroatoms. The van der Waals surface area contributed by atoms with Gasteiger partial charge in [0.2, 0.25) is 5.88 Å². The molecule has 1 heterocycles. The number of halogens is 1. The maximum absolute atomic E-state index is 11.2. The molecule has 1 aromatic carbocycles. The van der Waals surface area contributed by atoms with Crippen molar-refractivity contribution in [3.05, 3.63) is 41.0 Å². The van der Waals surface area contributed by atoms with Gasteiger partial charge in [-0.25, -0.2) is 9.78 Å². The van der Waals surface area contributed by atoms with Crippen LogP contribution in [0.1, 0.15) is 10.4 Å². The number of pyridine rings is 1. The highest BCUT2D eigenvalue weighted by molar-refractivity contribution is 6.31. The van der Waals surface area contributed by atoms with E-state index in [-0.39, 0.29) is 11.4 Å². The summed E-state index contributed by atoms with van der Waals surface area (Å²) in [6, 6.07) is 6.57. The third-order valence-electron chi connectivity index (χ3n) is 2.75. The van der Waals surface area contributed by atoms with Crippen molar-refractivity contribution in [2.45, 2.75) is 0 Å². The number of nitrogens with zero attached hydrogens (tertiary/aromatic N) is 1. The van der Waals surface area contributed by atoms with Crippen molar-refractivity contribution in [2.24, 2.45) is 0 Å². The van der Waals surface area contributed by atoms with Gasteiger partial charge in [0.05, 0.1) is 14.2 Å². The number of ether oxygens (including phenoxy) is 2. The lowest BCUT2D eigenvalue weighted by atomic mass is 10.0. The summed E-state index contributed by atoms with van der Waals surface area (Å²) in [5, 5.41) is 9.69. The van der Waals surface area contributed by atoms with Crippen molar-refractivity contribution in [3.63, 3.8) is 0 Å². The highest BCUT2D eigenvalue weighted by Gasteiger charge is 2.16. The van der Waals surface area contributed by atoms with Crippen molar-refractivity contribution >= 4 is 17.6 Å². The first kappa shape index (κ1) is 14.1. The van der Waals surface area contributed by atoms with Gasteiger partial charge in [-0.3, -0.25) is 0 Å². The van der Waals surface area contributed by atoms with Gasteiger partial charge in [-0.15, -0.1) is 0 Å². The smallest absolute Gasteiger partial charge is 0.341 e. The highest BCUT2D eigenvalue weighted by atomic mass is 35.5. The van der Waals surface area contributed by atoms with Crippen molar-refractivity contribution < 1.29 is 19.4 Å². The van der Waals surface area contributed by atoms with Crippen molar-refractivity contribution in [1.82, 2.24) is 4.98 Å². The number of benzene rings is 1. The minimum absolute atomic E-state index is 0.0213. The number of carboxylic acids is 1. The van der Waals surface area contributed by atoms with Gasteiger partial charge >= 0.3 is 5.97 Å². The van der Waals surface area contributed by atoms with E-state index in [1.807, 2.05) is 0 Å². The van der Waals surface area contributed by atoms with Crippen LogP contribution in [0, 0.1) is 0 Å². The number of hydrogen-bond donors (Lipinski definition) is 1. The Bertz CT molecular complexity index is 658. The van der Waals surface area contributed by atoms with Crippen LogP contribution in [-0.4, -0.2) is 30.3 Å². The standard InChI is InChI=1S/C14H12ClNO4/c1-19-12-4-3-9(15)6-10(12)8-5-11(14(17)18)13(20-2)16-7-8/h3-7H,1-2H3,(H,17,18). The predicted octanol–water partition coefficient (Wildman–Crippen LogP) is 3.12. The molecule has 0 spiro atoms. The van der Waals surface area contributed by atoms with Crippen molar-refractivity contribution in [2.75, 3.05) is 14.2 Å². The molecule has 104 valence electrons. The van der Waals surface area contributed by atoms with Gasteiger partial charge in [0.1, 0.15) is 11.3 Å². The Balaban J connectivity index is 2.61.